The van der Waals surface area contributed by atoms with E-state index < -0.39 is 12.1 Å². The van der Waals surface area contributed by atoms with E-state index in [1.165, 1.54) is 5.56 Å². The second-order valence-electron chi connectivity index (χ2n) is 9.61. The van der Waals surface area contributed by atoms with Crippen molar-refractivity contribution in [2.24, 2.45) is 0 Å². The van der Waals surface area contributed by atoms with E-state index in [2.05, 4.69) is 38.3 Å². The van der Waals surface area contributed by atoms with E-state index in [0.717, 1.165) is 48.5 Å². The van der Waals surface area contributed by atoms with Gasteiger partial charge in [0.05, 0.1) is 17.6 Å². The molecular weight excluding hydrogens is 551 g/mol. The summed E-state index contributed by atoms with van der Waals surface area (Å²) in [7, 11) is 0. The molecule has 0 bridgehead atoms. The van der Waals surface area contributed by atoms with E-state index in [1.54, 1.807) is 0 Å². The average molecular weight is 582 g/mol. The molecule has 2 heterocycles. The minimum atomic E-state index is -5.08. The van der Waals surface area contributed by atoms with Crippen LogP contribution in [0.1, 0.15) is 22.3 Å². The van der Waals surface area contributed by atoms with Gasteiger partial charge < -0.3 is 20.3 Å². The van der Waals surface area contributed by atoms with Crippen LogP contribution in [0.4, 0.5) is 13.2 Å². The van der Waals surface area contributed by atoms with Crippen molar-refractivity contribution in [3.05, 3.63) is 90.0 Å². The maximum atomic E-state index is 12.6. The summed E-state index contributed by atoms with van der Waals surface area (Å²) in [5.41, 5.74) is 4.83. The lowest BCUT2D eigenvalue weighted by Gasteiger charge is -2.26. The Balaban J connectivity index is 0.000000517. The summed E-state index contributed by atoms with van der Waals surface area (Å²) >= 11 is 0. The van der Waals surface area contributed by atoms with Gasteiger partial charge in [-0.15, -0.1) is 0 Å². The molecule has 42 heavy (non-hydrogen) atoms. The van der Waals surface area contributed by atoms with Crippen molar-refractivity contribution >= 4 is 28.8 Å². The van der Waals surface area contributed by atoms with E-state index in [9.17, 15) is 22.8 Å². The molecular formula is C30H30F3N5O4. The van der Waals surface area contributed by atoms with Crippen molar-refractivity contribution in [2.75, 3.05) is 32.7 Å². The Morgan fingerprint density at radius 1 is 0.976 bits per heavy atom. The number of carbonyl (C=O) groups excluding carboxylic acids is 2. The lowest BCUT2D eigenvalue weighted by atomic mass is 10.1. The summed E-state index contributed by atoms with van der Waals surface area (Å²) in [4.78, 5) is 40.0. The summed E-state index contributed by atoms with van der Waals surface area (Å²) in [5.74, 6) is -1.90. The number of halogens is 3. The Morgan fingerprint density at radius 3 is 2.31 bits per heavy atom. The molecule has 5 rings (SSSR count). The fourth-order valence-electron chi connectivity index (χ4n) is 4.48. The van der Waals surface area contributed by atoms with Crippen LogP contribution in [0, 0.1) is 0 Å². The number of aliphatic carboxylic acids is 1. The second-order valence-corrected chi connectivity index (χ2v) is 9.61. The number of aromatic nitrogens is 2. The molecule has 3 aromatic carbocycles. The molecule has 3 N–H and O–H groups in total. The Bertz CT molecular complexity index is 1520. The number of hydrogen-bond donors (Lipinski definition) is 3. The van der Waals surface area contributed by atoms with Gasteiger partial charge in [-0.1, -0.05) is 54.6 Å². The van der Waals surface area contributed by atoms with Crippen LogP contribution in [0.2, 0.25) is 0 Å². The Labute approximate surface area is 240 Å². The fourth-order valence-corrected chi connectivity index (χ4v) is 4.48. The molecule has 1 aromatic heterocycles. The standard InChI is InChI=1S/C28H29N5O2.C2HF3O2/c34-26-20-32(18-16-29-26)17-6-15-30-28(35)23-13-11-22(12-14-23)27-31-24-9-4-5-10-25(24)33(27)19-21-7-2-1-3-8-21;3-2(4,5)1(6)7/h1-5,7-14H,6,15-20H2,(H,29,34)(H,30,35);(H,6,7). The number of rotatable bonds is 8. The highest BCUT2D eigenvalue weighted by atomic mass is 19.4. The van der Waals surface area contributed by atoms with Gasteiger partial charge in [-0.2, -0.15) is 13.2 Å². The SMILES string of the molecule is O=C(O)C(F)(F)F.O=C1CN(CCCNC(=O)c2ccc(-c3nc4ccccc4n3Cc3ccccc3)cc2)CCN1. The predicted molar refractivity (Wildman–Crippen MR) is 151 cm³/mol. The second kappa shape index (κ2) is 13.8. The molecule has 0 radical (unpaired) electrons. The van der Waals surface area contributed by atoms with Gasteiger partial charge >= 0.3 is 12.1 Å². The van der Waals surface area contributed by atoms with Crippen LogP contribution >= 0.6 is 0 Å². The molecule has 0 saturated carbocycles. The summed E-state index contributed by atoms with van der Waals surface area (Å²) in [6.07, 6.45) is -4.28. The van der Waals surface area contributed by atoms with Gasteiger partial charge in [0.25, 0.3) is 5.91 Å². The Kier molecular flexibility index (Phi) is 9.92. The Morgan fingerprint density at radius 2 is 1.64 bits per heavy atom. The number of nitrogens with zero attached hydrogens (tertiary/aromatic N) is 3. The molecule has 220 valence electrons. The number of fused-ring (bicyclic) bond motifs is 1. The summed E-state index contributed by atoms with van der Waals surface area (Å²) in [5, 5.41) is 12.9. The third kappa shape index (κ3) is 8.16. The number of piperazine rings is 1. The van der Waals surface area contributed by atoms with Crippen LogP contribution in [0.5, 0.6) is 0 Å². The maximum absolute atomic E-state index is 12.6. The van der Waals surface area contributed by atoms with Crippen molar-refractivity contribution in [3.8, 4) is 11.4 Å². The molecule has 0 unspecified atom stereocenters. The number of imidazole rings is 1. The van der Waals surface area contributed by atoms with Crippen LogP contribution in [0.25, 0.3) is 22.4 Å². The smallest absolute Gasteiger partial charge is 0.475 e. The number of nitrogens with one attached hydrogen (secondary N) is 2. The predicted octanol–water partition coefficient (Wildman–Crippen LogP) is 3.94. The van der Waals surface area contributed by atoms with Crippen LogP contribution in [-0.4, -0.2) is 76.2 Å². The van der Waals surface area contributed by atoms with Gasteiger partial charge in [0.15, 0.2) is 0 Å². The first-order valence-electron chi connectivity index (χ1n) is 13.3. The number of para-hydroxylation sites is 2. The molecule has 12 heteroatoms. The molecule has 0 atom stereocenters. The summed E-state index contributed by atoms with van der Waals surface area (Å²) in [6, 6.07) is 26.1. The molecule has 1 saturated heterocycles. The Hall–Kier alpha value is -4.71. The van der Waals surface area contributed by atoms with Crippen molar-refractivity contribution in [1.82, 2.24) is 25.1 Å². The van der Waals surface area contributed by atoms with Crippen LogP contribution < -0.4 is 10.6 Å². The van der Waals surface area contributed by atoms with Gasteiger partial charge in [0.1, 0.15) is 5.82 Å². The van der Waals surface area contributed by atoms with Crippen LogP contribution in [0.3, 0.4) is 0 Å². The third-order valence-electron chi connectivity index (χ3n) is 6.54. The zero-order valence-corrected chi connectivity index (χ0v) is 22.6. The van der Waals surface area contributed by atoms with Crippen molar-refractivity contribution in [3.63, 3.8) is 0 Å². The first-order valence-corrected chi connectivity index (χ1v) is 13.3. The topological polar surface area (TPSA) is 117 Å². The molecule has 0 aliphatic carbocycles. The van der Waals surface area contributed by atoms with E-state index in [-0.39, 0.29) is 11.8 Å². The highest BCUT2D eigenvalue weighted by Crippen LogP contribution is 2.26. The molecule has 2 amide bonds. The first kappa shape index (κ1) is 30.3. The first-order chi connectivity index (χ1) is 20.1. The fraction of sp³-hybridized carbons (Fsp3) is 0.267. The van der Waals surface area contributed by atoms with Crippen molar-refractivity contribution < 1.29 is 32.7 Å². The monoisotopic (exact) mass is 581 g/mol. The number of alkyl halides is 3. The zero-order chi connectivity index (χ0) is 30.1. The van der Waals surface area contributed by atoms with E-state index in [1.807, 2.05) is 60.7 Å². The van der Waals surface area contributed by atoms with E-state index in [0.29, 0.717) is 25.2 Å². The average Bonchev–Trinajstić information content (AvgIpc) is 3.34. The minimum Gasteiger partial charge on any atom is -0.475 e. The zero-order valence-electron chi connectivity index (χ0n) is 22.6. The third-order valence-corrected chi connectivity index (χ3v) is 6.54. The van der Waals surface area contributed by atoms with Crippen molar-refractivity contribution in [1.29, 1.82) is 0 Å². The molecule has 1 fully saturated rings. The van der Waals surface area contributed by atoms with E-state index in [4.69, 9.17) is 14.9 Å². The largest absolute Gasteiger partial charge is 0.490 e. The molecule has 1 aliphatic rings. The van der Waals surface area contributed by atoms with Gasteiger partial charge in [-0.05, 0) is 36.2 Å². The highest BCUT2D eigenvalue weighted by molar-refractivity contribution is 5.94. The van der Waals surface area contributed by atoms with Gasteiger partial charge in [-0.25, -0.2) is 9.78 Å². The number of carboxylic acids is 1. The number of amides is 2. The lowest BCUT2D eigenvalue weighted by Crippen LogP contribution is -2.48. The lowest BCUT2D eigenvalue weighted by molar-refractivity contribution is -0.192. The molecule has 4 aromatic rings. The number of carboxylic acid groups (broad SMARTS) is 1. The summed E-state index contributed by atoms with van der Waals surface area (Å²) < 4.78 is 34.0. The van der Waals surface area contributed by atoms with Crippen molar-refractivity contribution in [2.45, 2.75) is 19.1 Å². The maximum Gasteiger partial charge on any atom is 0.490 e. The van der Waals surface area contributed by atoms with Crippen LogP contribution in [0.15, 0.2) is 78.9 Å². The van der Waals surface area contributed by atoms with E-state index >= 15 is 0 Å². The van der Waals surface area contributed by atoms with Gasteiger partial charge in [-0.3, -0.25) is 14.5 Å². The molecule has 9 nitrogen and oxygen atoms in total. The van der Waals surface area contributed by atoms with Gasteiger partial charge in [0, 0.05) is 43.9 Å². The summed E-state index contributed by atoms with van der Waals surface area (Å²) in [6.45, 7) is 4.07. The quantitative estimate of drug-likeness (QED) is 0.272. The van der Waals surface area contributed by atoms with Crippen LogP contribution in [-0.2, 0) is 16.1 Å². The highest BCUT2D eigenvalue weighted by Gasteiger charge is 2.38. The number of benzene rings is 3. The van der Waals surface area contributed by atoms with Gasteiger partial charge in [0.2, 0.25) is 5.91 Å². The normalized spacial score (nSPS) is 13.6. The molecule has 0 spiro atoms. The molecule has 1 aliphatic heterocycles. The number of carbonyl (C=O) groups is 3. The number of hydrogen-bond acceptors (Lipinski definition) is 5. The minimum absolute atomic E-state index is 0.0673.